The standard InChI is InChI=1S/C12H13NS2/c13-10-12(14-7-4-8-15-12)9-11-5-2-1-3-6-11/h1-3,5-6H,4,7-9H2. The van der Waals surface area contributed by atoms with Gasteiger partial charge in [0.1, 0.15) is 0 Å². The first-order chi connectivity index (χ1) is 7.35. The number of benzene rings is 1. The van der Waals surface area contributed by atoms with Crippen molar-refractivity contribution in [3.63, 3.8) is 0 Å². The molecule has 1 aliphatic rings. The highest BCUT2D eigenvalue weighted by atomic mass is 32.2. The van der Waals surface area contributed by atoms with Crippen molar-refractivity contribution in [3.05, 3.63) is 35.9 Å². The average molecular weight is 235 g/mol. The van der Waals surface area contributed by atoms with Gasteiger partial charge in [-0.3, -0.25) is 0 Å². The molecule has 78 valence electrons. The minimum Gasteiger partial charge on any atom is -0.196 e. The van der Waals surface area contributed by atoms with Crippen LogP contribution < -0.4 is 0 Å². The van der Waals surface area contributed by atoms with Crippen molar-refractivity contribution in [1.29, 1.82) is 5.26 Å². The van der Waals surface area contributed by atoms with Crippen molar-refractivity contribution in [2.24, 2.45) is 0 Å². The van der Waals surface area contributed by atoms with Gasteiger partial charge in [-0.15, -0.1) is 23.5 Å². The Labute approximate surface area is 99.3 Å². The van der Waals surface area contributed by atoms with E-state index in [-0.39, 0.29) is 4.08 Å². The fourth-order valence-corrected chi connectivity index (χ4v) is 4.56. The minimum absolute atomic E-state index is 0.237. The Hall–Kier alpha value is -0.590. The Morgan fingerprint density at radius 1 is 1.20 bits per heavy atom. The molecular formula is C12H13NS2. The highest BCUT2D eigenvalue weighted by Gasteiger charge is 2.33. The van der Waals surface area contributed by atoms with Crippen LogP contribution in [0.5, 0.6) is 0 Å². The van der Waals surface area contributed by atoms with E-state index in [1.165, 1.54) is 12.0 Å². The molecule has 1 heterocycles. The van der Waals surface area contributed by atoms with E-state index < -0.39 is 0 Å². The number of hydrogen-bond donors (Lipinski definition) is 0. The first kappa shape index (κ1) is 10.9. The van der Waals surface area contributed by atoms with Crippen molar-refractivity contribution in [2.45, 2.75) is 16.9 Å². The molecule has 1 aromatic rings. The summed E-state index contributed by atoms with van der Waals surface area (Å²) in [4.78, 5) is 0. The normalized spacial score (nSPS) is 19.4. The van der Waals surface area contributed by atoms with Crippen LogP contribution in [-0.4, -0.2) is 15.6 Å². The lowest BCUT2D eigenvalue weighted by Gasteiger charge is -2.29. The molecule has 0 radical (unpaired) electrons. The molecule has 0 unspecified atom stereocenters. The molecule has 0 spiro atoms. The lowest BCUT2D eigenvalue weighted by molar-refractivity contribution is 0.942. The molecule has 1 aliphatic heterocycles. The summed E-state index contributed by atoms with van der Waals surface area (Å²) in [6.07, 6.45) is 2.09. The van der Waals surface area contributed by atoms with Gasteiger partial charge in [0.05, 0.1) is 6.07 Å². The third-order valence-electron chi connectivity index (χ3n) is 2.41. The Morgan fingerprint density at radius 2 is 1.87 bits per heavy atom. The van der Waals surface area contributed by atoms with Gasteiger partial charge >= 0.3 is 0 Å². The Balaban J connectivity index is 2.12. The average Bonchev–Trinajstić information content (AvgIpc) is 2.32. The SMILES string of the molecule is N#CC1(Cc2ccccc2)SCCCS1. The summed E-state index contributed by atoms with van der Waals surface area (Å²) >= 11 is 3.61. The lowest BCUT2D eigenvalue weighted by atomic mass is 10.1. The molecule has 0 bridgehead atoms. The molecule has 1 nitrogen and oxygen atoms in total. The first-order valence-corrected chi connectivity index (χ1v) is 7.05. The number of nitriles is 1. The van der Waals surface area contributed by atoms with E-state index >= 15 is 0 Å². The predicted molar refractivity (Wildman–Crippen MR) is 68.0 cm³/mol. The molecule has 0 atom stereocenters. The Bertz CT molecular complexity index is 350. The number of nitrogens with zero attached hydrogens (tertiary/aromatic N) is 1. The van der Waals surface area contributed by atoms with Gasteiger partial charge in [-0.1, -0.05) is 30.3 Å². The second-order valence-electron chi connectivity index (χ2n) is 3.58. The van der Waals surface area contributed by atoms with Gasteiger partial charge in [0, 0.05) is 6.42 Å². The topological polar surface area (TPSA) is 23.8 Å². The van der Waals surface area contributed by atoms with E-state index in [0.29, 0.717) is 0 Å². The van der Waals surface area contributed by atoms with Gasteiger partial charge in [-0.2, -0.15) is 5.26 Å². The zero-order chi connectivity index (χ0) is 10.6. The molecule has 0 amide bonds. The summed E-state index contributed by atoms with van der Waals surface area (Å²) in [5.41, 5.74) is 1.26. The molecule has 0 aliphatic carbocycles. The van der Waals surface area contributed by atoms with E-state index in [1.54, 1.807) is 0 Å². The molecule has 1 fully saturated rings. The Kier molecular flexibility index (Phi) is 3.61. The molecule has 1 aromatic carbocycles. The van der Waals surface area contributed by atoms with Gasteiger partial charge < -0.3 is 0 Å². The smallest absolute Gasteiger partial charge is 0.152 e. The largest absolute Gasteiger partial charge is 0.196 e. The highest BCUT2D eigenvalue weighted by molar-refractivity contribution is 8.19. The molecule has 1 saturated heterocycles. The fourth-order valence-electron chi connectivity index (χ4n) is 1.65. The van der Waals surface area contributed by atoms with Crippen molar-refractivity contribution < 1.29 is 0 Å². The highest BCUT2D eigenvalue weighted by Crippen LogP contribution is 2.43. The summed E-state index contributed by atoms with van der Waals surface area (Å²) in [5.74, 6) is 2.24. The van der Waals surface area contributed by atoms with Crippen LogP contribution in [0.15, 0.2) is 30.3 Å². The number of hydrogen-bond acceptors (Lipinski definition) is 3. The number of thioether (sulfide) groups is 2. The maximum absolute atomic E-state index is 9.31. The summed E-state index contributed by atoms with van der Waals surface area (Å²) in [7, 11) is 0. The van der Waals surface area contributed by atoms with Crippen LogP contribution in [0, 0.1) is 11.3 Å². The molecule has 3 heteroatoms. The lowest BCUT2D eigenvalue weighted by Crippen LogP contribution is -2.25. The van der Waals surface area contributed by atoms with Crippen molar-refractivity contribution in [2.75, 3.05) is 11.5 Å². The Morgan fingerprint density at radius 3 is 2.47 bits per heavy atom. The van der Waals surface area contributed by atoms with Crippen LogP contribution in [-0.2, 0) is 6.42 Å². The summed E-state index contributed by atoms with van der Waals surface area (Å²) < 4.78 is -0.237. The van der Waals surface area contributed by atoms with E-state index in [4.69, 9.17) is 0 Å². The molecular weight excluding hydrogens is 222 g/mol. The van der Waals surface area contributed by atoms with Crippen LogP contribution in [0.25, 0.3) is 0 Å². The fraction of sp³-hybridized carbons (Fsp3) is 0.417. The van der Waals surface area contributed by atoms with E-state index in [1.807, 2.05) is 41.7 Å². The van der Waals surface area contributed by atoms with Gasteiger partial charge in [0.15, 0.2) is 4.08 Å². The third kappa shape index (κ3) is 2.70. The van der Waals surface area contributed by atoms with Crippen molar-refractivity contribution in [3.8, 4) is 6.07 Å². The third-order valence-corrected chi connectivity index (χ3v) is 5.51. The molecule has 0 aromatic heterocycles. The van der Waals surface area contributed by atoms with Crippen LogP contribution >= 0.6 is 23.5 Å². The van der Waals surface area contributed by atoms with Crippen LogP contribution in [0.4, 0.5) is 0 Å². The van der Waals surface area contributed by atoms with Crippen molar-refractivity contribution in [1.82, 2.24) is 0 Å². The predicted octanol–water partition coefficient (Wildman–Crippen LogP) is 3.32. The second kappa shape index (κ2) is 4.96. The van der Waals surface area contributed by atoms with Crippen LogP contribution in [0.2, 0.25) is 0 Å². The van der Waals surface area contributed by atoms with Gasteiger partial charge in [-0.05, 0) is 23.5 Å². The van der Waals surface area contributed by atoms with Gasteiger partial charge in [-0.25, -0.2) is 0 Å². The second-order valence-corrected chi connectivity index (χ2v) is 6.62. The van der Waals surface area contributed by atoms with Gasteiger partial charge in [0.25, 0.3) is 0 Å². The summed E-state index contributed by atoms with van der Waals surface area (Å²) in [6.45, 7) is 0. The maximum Gasteiger partial charge on any atom is 0.152 e. The zero-order valence-corrected chi connectivity index (χ0v) is 10.1. The van der Waals surface area contributed by atoms with E-state index in [9.17, 15) is 5.26 Å². The molecule has 0 N–H and O–H groups in total. The molecule has 15 heavy (non-hydrogen) atoms. The quantitative estimate of drug-likeness (QED) is 0.785. The monoisotopic (exact) mass is 235 g/mol. The van der Waals surface area contributed by atoms with Crippen molar-refractivity contribution >= 4 is 23.5 Å². The maximum atomic E-state index is 9.31. The minimum atomic E-state index is -0.237. The summed E-state index contributed by atoms with van der Waals surface area (Å²) in [6, 6.07) is 12.8. The van der Waals surface area contributed by atoms with E-state index in [2.05, 4.69) is 18.2 Å². The van der Waals surface area contributed by atoms with Crippen LogP contribution in [0.3, 0.4) is 0 Å². The molecule has 2 rings (SSSR count). The van der Waals surface area contributed by atoms with Crippen LogP contribution in [0.1, 0.15) is 12.0 Å². The number of rotatable bonds is 2. The van der Waals surface area contributed by atoms with E-state index in [0.717, 1.165) is 17.9 Å². The summed E-state index contributed by atoms with van der Waals surface area (Å²) in [5, 5.41) is 9.31. The van der Waals surface area contributed by atoms with Gasteiger partial charge in [0.2, 0.25) is 0 Å². The first-order valence-electron chi connectivity index (χ1n) is 5.08. The zero-order valence-electron chi connectivity index (χ0n) is 8.48. The molecule has 0 saturated carbocycles.